The van der Waals surface area contributed by atoms with Crippen LogP contribution in [0.15, 0.2) is 87.8 Å². The molecule has 10 heteroatoms. The topological polar surface area (TPSA) is 116 Å². The zero-order chi connectivity index (χ0) is 22.3. The fourth-order valence-corrected chi connectivity index (χ4v) is 4.91. The Hall–Kier alpha value is -3.82. The summed E-state index contributed by atoms with van der Waals surface area (Å²) < 4.78 is 28.3. The molecule has 0 aliphatic carbocycles. The maximum atomic E-state index is 13.5. The van der Waals surface area contributed by atoms with E-state index in [0.717, 1.165) is 0 Å². The maximum Gasteiger partial charge on any atom is 0.212 e. The number of pyridine rings is 1. The van der Waals surface area contributed by atoms with Crippen LogP contribution in [-0.4, -0.2) is 34.3 Å². The van der Waals surface area contributed by atoms with Crippen LogP contribution in [0.3, 0.4) is 0 Å². The minimum atomic E-state index is -4.04. The summed E-state index contributed by atoms with van der Waals surface area (Å²) in [6, 6.07) is 18.4. The van der Waals surface area contributed by atoms with Gasteiger partial charge in [0.1, 0.15) is 16.2 Å². The Morgan fingerprint density at radius 2 is 1.62 bits per heavy atom. The summed E-state index contributed by atoms with van der Waals surface area (Å²) in [5.41, 5.74) is 8.40. The van der Waals surface area contributed by atoms with Crippen molar-refractivity contribution in [2.24, 2.45) is 5.10 Å². The highest BCUT2D eigenvalue weighted by atomic mass is 35.5. The first-order chi connectivity index (χ1) is 15.4. The van der Waals surface area contributed by atoms with Gasteiger partial charge in [-0.15, -0.1) is 0 Å². The number of fused-ring (bicyclic) bond motifs is 2. The third-order valence-electron chi connectivity index (χ3n) is 4.81. The number of para-hydroxylation sites is 2. The molecule has 2 N–H and O–H groups in total. The molecular formula is C22H15ClN6O2S. The smallest absolute Gasteiger partial charge is 0.212 e. The first-order valence-electron chi connectivity index (χ1n) is 9.48. The number of sulfone groups is 1. The highest BCUT2D eigenvalue weighted by Gasteiger charge is 2.30. The number of nitrogens with two attached hydrogens (primary N) is 1. The van der Waals surface area contributed by atoms with Crippen LogP contribution < -0.4 is 5.73 Å². The van der Waals surface area contributed by atoms with E-state index in [4.69, 9.17) is 17.3 Å². The van der Waals surface area contributed by atoms with Crippen LogP contribution in [0.1, 0.15) is 5.69 Å². The molecule has 0 aliphatic heterocycles. The Labute approximate surface area is 187 Å². The molecule has 3 heterocycles. The first-order valence-corrected chi connectivity index (χ1v) is 11.3. The van der Waals surface area contributed by atoms with Crippen LogP contribution in [-0.2, 0) is 9.84 Å². The fraction of sp³-hybridized carbons (Fsp3) is 0. The molecule has 0 amide bonds. The van der Waals surface area contributed by atoms with Gasteiger partial charge in [-0.1, -0.05) is 29.8 Å². The van der Waals surface area contributed by atoms with E-state index in [1.165, 1.54) is 35.2 Å². The number of nitrogens with zero attached hydrogens (tertiary/aromatic N) is 5. The largest absolute Gasteiger partial charge is 0.382 e. The van der Waals surface area contributed by atoms with Crippen molar-refractivity contribution in [1.82, 2.24) is 19.6 Å². The summed E-state index contributed by atoms with van der Waals surface area (Å²) >= 11 is 5.93. The standard InChI is InChI=1S/C22H15ClN6O2S/c23-14-8-10-16(11-9-14)32(30,31)20-19-22(28-18-7-2-1-6-17(18)27-19)29(21(20)24)26-13-15-5-3-4-12-25-15/h1-13H,24H2. The predicted molar refractivity (Wildman–Crippen MR) is 124 cm³/mol. The van der Waals surface area contributed by atoms with Gasteiger partial charge in [-0.25, -0.2) is 18.4 Å². The Morgan fingerprint density at radius 3 is 2.31 bits per heavy atom. The van der Waals surface area contributed by atoms with Crippen molar-refractivity contribution >= 4 is 55.7 Å². The second-order valence-electron chi connectivity index (χ2n) is 6.87. The second kappa shape index (κ2) is 7.70. The van der Waals surface area contributed by atoms with E-state index in [2.05, 4.69) is 20.1 Å². The van der Waals surface area contributed by atoms with Gasteiger partial charge in [-0.3, -0.25) is 4.98 Å². The number of hydrogen-bond donors (Lipinski definition) is 1. The van der Waals surface area contributed by atoms with Crippen LogP contribution in [0.2, 0.25) is 5.02 Å². The lowest BCUT2D eigenvalue weighted by Gasteiger charge is -2.05. The zero-order valence-corrected chi connectivity index (χ0v) is 18.0. The molecule has 0 unspecified atom stereocenters. The lowest BCUT2D eigenvalue weighted by molar-refractivity contribution is 0.597. The minimum Gasteiger partial charge on any atom is -0.382 e. The normalized spacial score (nSPS) is 12.2. The summed E-state index contributed by atoms with van der Waals surface area (Å²) in [6.45, 7) is 0. The number of benzene rings is 2. The molecule has 0 radical (unpaired) electrons. The van der Waals surface area contributed by atoms with Crippen molar-refractivity contribution in [3.63, 3.8) is 0 Å². The average Bonchev–Trinajstić information content (AvgIpc) is 3.07. The van der Waals surface area contributed by atoms with E-state index >= 15 is 0 Å². The molecule has 158 valence electrons. The quantitative estimate of drug-likeness (QED) is 0.404. The molecule has 5 rings (SSSR count). The third kappa shape index (κ3) is 3.37. The van der Waals surface area contributed by atoms with E-state index in [9.17, 15) is 8.42 Å². The van der Waals surface area contributed by atoms with Gasteiger partial charge in [0, 0.05) is 11.2 Å². The van der Waals surface area contributed by atoms with Crippen molar-refractivity contribution in [1.29, 1.82) is 0 Å². The number of rotatable bonds is 4. The molecule has 8 nitrogen and oxygen atoms in total. The minimum absolute atomic E-state index is 0.0383. The second-order valence-corrected chi connectivity index (χ2v) is 9.19. The number of aromatic nitrogens is 4. The molecule has 0 saturated heterocycles. The van der Waals surface area contributed by atoms with Gasteiger partial charge >= 0.3 is 0 Å². The van der Waals surface area contributed by atoms with Gasteiger partial charge < -0.3 is 5.73 Å². The molecule has 2 aromatic carbocycles. The van der Waals surface area contributed by atoms with Crippen molar-refractivity contribution in [2.45, 2.75) is 9.79 Å². The van der Waals surface area contributed by atoms with Crippen LogP contribution in [0.5, 0.6) is 0 Å². The molecule has 32 heavy (non-hydrogen) atoms. The molecule has 0 saturated carbocycles. The van der Waals surface area contributed by atoms with E-state index in [1.54, 1.807) is 36.5 Å². The van der Waals surface area contributed by atoms with Crippen molar-refractivity contribution in [3.8, 4) is 0 Å². The molecule has 5 aromatic rings. The fourth-order valence-electron chi connectivity index (χ4n) is 3.30. The number of halogens is 1. The molecule has 0 aliphatic rings. The molecule has 0 bridgehead atoms. The third-order valence-corrected chi connectivity index (χ3v) is 6.90. The van der Waals surface area contributed by atoms with Crippen molar-refractivity contribution < 1.29 is 8.42 Å². The van der Waals surface area contributed by atoms with Crippen LogP contribution in [0.4, 0.5) is 5.82 Å². The van der Waals surface area contributed by atoms with Crippen molar-refractivity contribution in [2.75, 3.05) is 5.73 Å². The van der Waals surface area contributed by atoms with Gasteiger partial charge in [0.15, 0.2) is 5.65 Å². The Kier molecular flexibility index (Phi) is 4.84. The first kappa shape index (κ1) is 20.1. The number of anilines is 1. The number of nitrogen functional groups attached to an aromatic ring is 1. The van der Waals surface area contributed by atoms with Gasteiger partial charge in [0.25, 0.3) is 0 Å². The van der Waals surface area contributed by atoms with Gasteiger partial charge in [-0.2, -0.15) is 9.78 Å². The highest BCUT2D eigenvalue weighted by Crippen LogP contribution is 2.35. The van der Waals surface area contributed by atoms with E-state index in [-0.39, 0.29) is 26.8 Å². The van der Waals surface area contributed by atoms with Crippen LogP contribution in [0, 0.1) is 0 Å². The number of hydrogen-bond acceptors (Lipinski definition) is 7. The Bertz CT molecular complexity index is 1600. The maximum absolute atomic E-state index is 13.5. The van der Waals surface area contributed by atoms with Gasteiger partial charge in [0.2, 0.25) is 9.84 Å². The molecule has 3 aromatic heterocycles. The summed E-state index contributed by atoms with van der Waals surface area (Å²) in [4.78, 5) is 13.2. The summed E-state index contributed by atoms with van der Waals surface area (Å²) in [5.74, 6) is -0.0996. The van der Waals surface area contributed by atoms with Crippen molar-refractivity contribution in [3.05, 3.63) is 83.6 Å². The SMILES string of the molecule is Nc1c(S(=O)(=O)c2ccc(Cl)cc2)c2nc3ccccc3nc2n1N=Cc1ccccn1. The van der Waals surface area contributed by atoms with E-state index in [0.29, 0.717) is 21.7 Å². The van der Waals surface area contributed by atoms with E-state index in [1.807, 2.05) is 12.1 Å². The summed E-state index contributed by atoms with van der Waals surface area (Å²) in [7, 11) is -4.04. The molecule has 0 atom stereocenters. The summed E-state index contributed by atoms with van der Waals surface area (Å²) in [6.07, 6.45) is 3.10. The average molecular weight is 463 g/mol. The Balaban J connectivity index is 1.81. The monoisotopic (exact) mass is 462 g/mol. The molecule has 0 fully saturated rings. The van der Waals surface area contributed by atoms with Gasteiger partial charge in [-0.05, 0) is 48.5 Å². The van der Waals surface area contributed by atoms with E-state index < -0.39 is 9.84 Å². The van der Waals surface area contributed by atoms with Gasteiger partial charge in [0.05, 0.1) is 27.8 Å². The Morgan fingerprint density at radius 1 is 0.938 bits per heavy atom. The lowest BCUT2D eigenvalue weighted by Crippen LogP contribution is -2.06. The predicted octanol–water partition coefficient (Wildman–Crippen LogP) is 3.93. The molecular weight excluding hydrogens is 448 g/mol. The zero-order valence-electron chi connectivity index (χ0n) is 16.4. The van der Waals surface area contributed by atoms with Crippen LogP contribution in [0.25, 0.3) is 22.2 Å². The molecule has 0 spiro atoms. The van der Waals surface area contributed by atoms with Crippen LogP contribution >= 0.6 is 11.6 Å². The highest BCUT2D eigenvalue weighted by molar-refractivity contribution is 7.92. The summed E-state index contributed by atoms with van der Waals surface area (Å²) in [5, 5.41) is 4.79. The lowest BCUT2D eigenvalue weighted by atomic mass is 10.3.